The summed E-state index contributed by atoms with van der Waals surface area (Å²) >= 11 is 0. The number of hydrogen-bond donors (Lipinski definition) is 0. The minimum absolute atomic E-state index is 0.118. The van der Waals surface area contributed by atoms with Crippen molar-refractivity contribution in [2.24, 2.45) is 0 Å². The van der Waals surface area contributed by atoms with Gasteiger partial charge in [-0.2, -0.15) is 0 Å². The van der Waals surface area contributed by atoms with Crippen LogP contribution in [0.5, 0.6) is 0 Å². The van der Waals surface area contributed by atoms with Gasteiger partial charge in [0, 0.05) is 19.3 Å². The summed E-state index contributed by atoms with van der Waals surface area (Å²) in [5.41, 5.74) is 0. The summed E-state index contributed by atoms with van der Waals surface area (Å²) in [5.74, 6) is -1.05. The maximum Gasteiger partial charge on any atom is 0.306 e. The molecule has 1 atom stereocenters. The fourth-order valence-electron chi connectivity index (χ4n) is 6.11. The van der Waals surface area contributed by atoms with Crippen molar-refractivity contribution in [1.29, 1.82) is 0 Å². The Bertz CT molecular complexity index is 1350. The molecule has 0 bridgehead atoms. The van der Waals surface area contributed by atoms with Crippen LogP contribution in [0.25, 0.3) is 0 Å². The van der Waals surface area contributed by atoms with Gasteiger partial charge in [-0.25, -0.2) is 0 Å². The second-order valence-electron chi connectivity index (χ2n) is 15.7. The number of carbonyl (C=O) groups excluding carboxylic acids is 3. The number of rotatable bonds is 42. The summed E-state index contributed by atoms with van der Waals surface area (Å²) in [6.07, 6.45) is 67.6. The molecule has 62 heavy (non-hydrogen) atoms. The van der Waals surface area contributed by atoms with E-state index in [2.05, 4.69) is 124 Å². The molecule has 0 aromatic heterocycles. The Balaban J connectivity index is 4.55. The topological polar surface area (TPSA) is 78.9 Å². The van der Waals surface area contributed by atoms with E-state index in [1.807, 2.05) is 18.2 Å². The van der Waals surface area contributed by atoms with Crippen LogP contribution < -0.4 is 0 Å². The van der Waals surface area contributed by atoms with E-state index in [4.69, 9.17) is 14.2 Å². The average molecular weight is 857 g/mol. The normalized spacial score (nSPS) is 13.1. The Hall–Kier alpha value is -4.19. The van der Waals surface area contributed by atoms with Crippen molar-refractivity contribution in [3.05, 3.63) is 122 Å². The molecule has 0 aromatic rings. The molecule has 0 heterocycles. The van der Waals surface area contributed by atoms with Crippen LogP contribution in [-0.2, 0) is 28.6 Å². The Morgan fingerprint density at radius 3 is 1.26 bits per heavy atom. The highest BCUT2D eigenvalue weighted by atomic mass is 16.6. The molecule has 0 aliphatic heterocycles. The lowest BCUT2D eigenvalue weighted by atomic mass is 10.1. The van der Waals surface area contributed by atoms with Gasteiger partial charge in [-0.1, -0.05) is 194 Å². The fraction of sp³-hybridized carbons (Fsp3) is 0.589. The summed E-state index contributed by atoms with van der Waals surface area (Å²) in [6, 6.07) is 0. The molecule has 0 spiro atoms. The fourth-order valence-corrected chi connectivity index (χ4v) is 6.11. The summed E-state index contributed by atoms with van der Waals surface area (Å²) in [4.78, 5) is 37.9. The Kier molecular flexibility index (Phi) is 46.1. The van der Waals surface area contributed by atoms with Crippen LogP contribution in [0.15, 0.2) is 122 Å². The second kappa shape index (κ2) is 49.5. The van der Waals surface area contributed by atoms with Gasteiger partial charge in [-0.05, 0) is 103 Å². The SMILES string of the molecule is CC\C=C/C=C\C=C/CCCCCCCC(=O)OC(COC(=O)CC/C=C\C/C=C\C/C=C\C/C=C\C/C=C\C/C=C\CC)COC(=O)CCCCCCC/C=C\CCCCC. The third-order valence-electron chi connectivity index (χ3n) is 9.76. The average Bonchev–Trinajstić information content (AvgIpc) is 3.27. The third-order valence-corrected chi connectivity index (χ3v) is 9.76. The Morgan fingerprint density at radius 1 is 0.355 bits per heavy atom. The Labute approximate surface area is 380 Å². The lowest BCUT2D eigenvalue weighted by Crippen LogP contribution is -2.30. The van der Waals surface area contributed by atoms with Crippen molar-refractivity contribution >= 4 is 17.9 Å². The van der Waals surface area contributed by atoms with Crippen molar-refractivity contribution in [3.63, 3.8) is 0 Å². The van der Waals surface area contributed by atoms with Crippen molar-refractivity contribution in [3.8, 4) is 0 Å². The predicted octanol–water partition coefficient (Wildman–Crippen LogP) is 16.1. The molecule has 0 saturated heterocycles. The summed E-state index contributed by atoms with van der Waals surface area (Å²) in [5, 5.41) is 0. The first-order valence-corrected chi connectivity index (χ1v) is 24.6. The largest absolute Gasteiger partial charge is 0.462 e. The molecule has 0 radical (unpaired) electrons. The van der Waals surface area contributed by atoms with Crippen molar-refractivity contribution < 1.29 is 28.6 Å². The minimum atomic E-state index is -0.824. The summed E-state index contributed by atoms with van der Waals surface area (Å²) in [6.45, 7) is 6.25. The maximum absolute atomic E-state index is 12.7. The molecule has 0 aliphatic carbocycles. The first kappa shape index (κ1) is 57.8. The molecule has 0 rings (SSSR count). The molecule has 0 amide bonds. The minimum Gasteiger partial charge on any atom is -0.462 e. The zero-order chi connectivity index (χ0) is 45.1. The highest BCUT2D eigenvalue weighted by Gasteiger charge is 2.19. The van der Waals surface area contributed by atoms with Gasteiger partial charge in [0.25, 0.3) is 0 Å². The lowest BCUT2D eigenvalue weighted by molar-refractivity contribution is -0.166. The van der Waals surface area contributed by atoms with Gasteiger partial charge in [0.2, 0.25) is 0 Å². The predicted molar refractivity (Wildman–Crippen MR) is 265 cm³/mol. The van der Waals surface area contributed by atoms with Gasteiger partial charge in [0.1, 0.15) is 13.2 Å². The van der Waals surface area contributed by atoms with Gasteiger partial charge in [-0.3, -0.25) is 14.4 Å². The standard InChI is InChI=1S/C56H88O6/c1-4-7-10-13-16-19-22-25-26-27-28-29-30-32-34-37-40-43-46-49-55(58)61-52-53(51-60-54(57)48-45-42-39-36-33-24-21-18-15-12-9-6-3)62-56(59)50-47-44-41-38-35-31-23-20-17-14-11-8-5-2/h7-8,10-11,14,16-21,23,25-26,28-29,32,34,40,43,53H,4-6,9,12-13,15,22,24,27,30-31,33,35-39,41-42,44-52H2,1-3H3/b10-7-,11-8-,17-14-,19-16-,21-18-,23-20-,26-25-,29-28-,34-32-,43-40-. The van der Waals surface area contributed by atoms with E-state index in [1.54, 1.807) is 0 Å². The van der Waals surface area contributed by atoms with E-state index in [0.29, 0.717) is 12.8 Å². The molecular weight excluding hydrogens is 769 g/mol. The molecular formula is C56H88O6. The van der Waals surface area contributed by atoms with Crippen molar-refractivity contribution in [2.75, 3.05) is 13.2 Å². The number of unbranched alkanes of at least 4 members (excludes halogenated alkanes) is 13. The van der Waals surface area contributed by atoms with Crippen LogP contribution in [0.3, 0.4) is 0 Å². The number of carbonyl (C=O) groups is 3. The molecule has 0 N–H and O–H groups in total. The van der Waals surface area contributed by atoms with E-state index >= 15 is 0 Å². The van der Waals surface area contributed by atoms with Crippen LogP contribution in [-0.4, -0.2) is 37.2 Å². The molecule has 0 saturated carbocycles. The number of allylic oxidation sites excluding steroid dienone is 20. The quantitative estimate of drug-likeness (QED) is 0.0200. The Morgan fingerprint density at radius 2 is 0.742 bits per heavy atom. The first-order chi connectivity index (χ1) is 30.5. The zero-order valence-corrected chi connectivity index (χ0v) is 39.6. The lowest BCUT2D eigenvalue weighted by Gasteiger charge is -2.18. The van der Waals surface area contributed by atoms with Crippen molar-refractivity contribution in [1.82, 2.24) is 0 Å². The molecule has 0 fully saturated rings. The van der Waals surface area contributed by atoms with Crippen LogP contribution in [0.4, 0.5) is 0 Å². The van der Waals surface area contributed by atoms with Gasteiger partial charge >= 0.3 is 17.9 Å². The molecule has 0 aromatic carbocycles. The van der Waals surface area contributed by atoms with Gasteiger partial charge < -0.3 is 14.2 Å². The van der Waals surface area contributed by atoms with Crippen LogP contribution in [0, 0.1) is 0 Å². The molecule has 0 aliphatic rings. The van der Waals surface area contributed by atoms with Crippen molar-refractivity contribution in [2.45, 2.75) is 200 Å². The van der Waals surface area contributed by atoms with Gasteiger partial charge in [-0.15, -0.1) is 0 Å². The van der Waals surface area contributed by atoms with Gasteiger partial charge in [0.05, 0.1) is 0 Å². The number of esters is 3. The van der Waals surface area contributed by atoms with E-state index in [9.17, 15) is 14.4 Å². The molecule has 1 unspecified atom stereocenters. The monoisotopic (exact) mass is 857 g/mol. The maximum atomic E-state index is 12.7. The second-order valence-corrected chi connectivity index (χ2v) is 15.7. The smallest absolute Gasteiger partial charge is 0.306 e. The molecule has 348 valence electrons. The van der Waals surface area contributed by atoms with E-state index < -0.39 is 6.10 Å². The zero-order valence-electron chi connectivity index (χ0n) is 39.6. The van der Waals surface area contributed by atoms with E-state index in [0.717, 1.165) is 116 Å². The van der Waals surface area contributed by atoms with E-state index in [1.165, 1.54) is 32.1 Å². The van der Waals surface area contributed by atoms with E-state index in [-0.39, 0.29) is 44.0 Å². The van der Waals surface area contributed by atoms with Gasteiger partial charge in [0.15, 0.2) is 6.10 Å². The molecule has 6 nitrogen and oxygen atoms in total. The van der Waals surface area contributed by atoms with Crippen LogP contribution in [0.2, 0.25) is 0 Å². The van der Waals surface area contributed by atoms with Crippen LogP contribution in [0.1, 0.15) is 194 Å². The highest BCUT2D eigenvalue weighted by Crippen LogP contribution is 2.12. The van der Waals surface area contributed by atoms with Crippen LogP contribution >= 0.6 is 0 Å². The highest BCUT2D eigenvalue weighted by molar-refractivity contribution is 5.71. The summed E-state index contributed by atoms with van der Waals surface area (Å²) in [7, 11) is 0. The molecule has 6 heteroatoms. The number of hydrogen-bond acceptors (Lipinski definition) is 6. The number of ether oxygens (including phenoxy) is 3. The first-order valence-electron chi connectivity index (χ1n) is 24.6. The summed E-state index contributed by atoms with van der Waals surface area (Å²) < 4.78 is 16.7. The third kappa shape index (κ3) is 46.9.